The van der Waals surface area contributed by atoms with Gasteiger partial charge in [-0.15, -0.1) is 11.6 Å². The largest absolute Gasteiger partial charge is 0.461 e. The Morgan fingerprint density at radius 1 is 1.38 bits per heavy atom. The van der Waals surface area contributed by atoms with Gasteiger partial charge in [-0.1, -0.05) is 26.2 Å². The third-order valence-electron chi connectivity index (χ3n) is 1.88. The maximum atomic E-state index is 10.6. The first-order valence-corrected chi connectivity index (χ1v) is 5.47. The van der Waals surface area contributed by atoms with E-state index in [4.69, 9.17) is 16.3 Å². The molecular weight excluding hydrogens is 188 g/mol. The molecular formula is C10H19ClO2. The summed E-state index contributed by atoms with van der Waals surface area (Å²) in [6.45, 7) is 3.59. The van der Waals surface area contributed by atoms with Crippen LogP contribution in [0, 0.1) is 0 Å². The monoisotopic (exact) mass is 206 g/mol. The van der Waals surface area contributed by atoms with Crippen LogP contribution in [0.15, 0.2) is 0 Å². The molecule has 0 aliphatic rings. The fourth-order valence-corrected chi connectivity index (χ4v) is 1.42. The highest BCUT2D eigenvalue weighted by atomic mass is 35.5. The van der Waals surface area contributed by atoms with Gasteiger partial charge in [0.2, 0.25) is 0 Å². The number of hydrogen-bond donors (Lipinski definition) is 0. The zero-order chi connectivity index (χ0) is 10.1. The lowest BCUT2D eigenvalue weighted by Crippen LogP contribution is -2.17. The molecule has 2 nitrogen and oxygen atoms in total. The van der Waals surface area contributed by atoms with E-state index >= 15 is 0 Å². The van der Waals surface area contributed by atoms with Crippen LogP contribution in [0.1, 0.15) is 46.0 Å². The molecule has 78 valence electrons. The van der Waals surface area contributed by atoms with E-state index in [1.807, 2.05) is 0 Å². The van der Waals surface area contributed by atoms with Gasteiger partial charge in [0.1, 0.15) is 6.10 Å². The lowest BCUT2D eigenvalue weighted by atomic mass is 10.1. The first kappa shape index (κ1) is 12.8. The van der Waals surface area contributed by atoms with Crippen LogP contribution in [0.25, 0.3) is 0 Å². The second-order valence-corrected chi connectivity index (χ2v) is 3.54. The van der Waals surface area contributed by atoms with Crippen molar-refractivity contribution in [1.29, 1.82) is 0 Å². The van der Waals surface area contributed by atoms with Crippen LogP contribution in [-0.4, -0.2) is 18.0 Å². The minimum Gasteiger partial charge on any atom is -0.461 e. The predicted octanol–water partition coefficient (Wildman–Crippen LogP) is 3.13. The standard InChI is InChI=1S/C10H19ClO2/c1-3-4-5-6-7-10(8-11)13-9(2)12/h10H,3-8H2,1-2H3/t10-/m0/s1. The van der Waals surface area contributed by atoms with Crippen LogP contribution in [0.3, 0.4) is 0 Å². The molecule has 0 rings (SSSR count). The zero-order valence-electron chi connectivity index (χ0n) is 8.51. The lowest BCUT2D eigenvalue weighted by molar-refractivity contribution is -0.145. The maximum absolute atomic E-state index is 10.6. The van der Waals surface area contributed by atoms with Crippen LogP contribution in [-0.2, 0) is 9.53 Å². The smallest absolute Gasteiger partial charge is 0.302 e. The topological polar surface area (TPSA) is 26.3 Å². The molecule has 0 amide bonds. The molecule has 0 saturated heterocycles. The predicted molar refractivity (Wildman–Crippen MR) is 55.0 cm³/mol. The minimum atomic E-state index is -0.235. The van der Waals surface area contributed by atoms with E-state index in [-0.39, 0.29) is 12.1 Å². The Kier molecular flexibility index (Phi) is 8.21. The summed E-state index contributed by atoms with van der Waals surface area (Å²) < 4.78 is 5.01. The molecule has 1 atom stereocenters. The Bertz CT molecular complexity index is 137. The summed E-state index contributed by atoms with van der Waals surface area (Å²) in [5.74, 6) is 0.173. The van der Waals surface area contributed by atoms with Crippen molar-refractivity contribution in [3.8, 4) is 0 Å². The van der Waals surface area contributed by atoms with E-state index in [1.165, 1.54) is 26.2 Å². The summed E-state index contributed by atoms with van der Waals surface area (Å²) in [5, 5.41) is 0. The highest BCUT2D eigenvalue weighted by Gasteiger charge is 2.09. The molecule has 0 bridgehead atoms. The quantitative estimate of drug-likeness (QED) is 0.364. The third kappa shape index (κ3) is 8.10. The normalized spacial score (nSPS) is 12.5. The molecule has 3 heteroatoms. The van der Waals surface area contributed by atoms with Gasteiger partial charge < -0.3 is 4.74 Å². The van der Waals surface area contributed by atoms with Crippen LogP contribution in [0.2, 0.25) is 0 Å². The molecule has 0 fully saturated rings. The zero-order valence-corrected chi connectivity index (χ0v) is 9.27. The SMILES string of the molecule is CCCCCC[C@@H](CCl)OC(C)=O. The highest BCUT2D eigenvalue weighted by Crippen LogP contribution is 2.09. The summed E-state index contributed by atoms with van der Waals surface area (Å²) in [6.07, 6.45) is 5.57. The number of halogens is 1. The average Bonchev–Trinajstić information content (AvgIpc) is 2.09. The fourth-order valence-electron chi connectivity index (χ4n) is 1.20. The van der Waals surface area contributed by atoms with Crippen molar-refractivity contribution in [2.45, 2.75) is 52.1 Å². The average molecular weight is 207 g/mol. The molecule has 0 aliphatic carbocycles. The molecule has 0 aromatic heterocycles. The number of carbonyl (C=O) groups excluding carboxylic acids is 1. The van der Waals surface area contributed by atoms with E-state index < -0.39 is 0 Å². The Morgan fingerprint density at radius 2 is 2.08 bits per heavy atom. The van der Waals surface area contributed by atoms with Gasteiger partial charge in [-0.05, 0) is 12.8 Å². The van der Waals surface area contributed by atoms with Crippen LogP contribution >= 0.6 is 11.6 Å². The Balaban J connectivity index is 3.42. The van der Waals surface area contributed by atoms with Crippen LogP contribution in [0.4, 0.5) is 0 Å². The molecule has 0 aromatic carbocycles. The Labute approximate surface area is 85.6 Å². The number of ether oxygens (including phenoxy) is 1. The van der Waals surface area contributed by atoms with Crippen molar-refractivity contribution in [2.24, 2.45) is 0 Å². The molecule has 13 heavy (non-hydrogen) atoms. The van der Waals surface area contributed by atoms with Gasteiger partial charge in [-0.25, -0.2) is 0 Å². The summed E-state index contributed by atoms with van der Waals surface area (Å²) in [6, 6.07) is 0. The van der Waals surface area contributed by atoms with Gasteiger partial charge in [-0.3, -0.25) is 4.79 Å². The van der Waals surface area contributed by atoms with Crippen molar-refractivity contribution >= 4 is 17.6 Å². The van der Waals surface area contributed by atoms with Crippen molar-refractivity contribution < 1.29 is 9.53 Å². The van der Waals surface area contributed by atoms with Gasteiger partial charge in [0.25, 0.3) is 0 Å². The molecule has 0 aromatic rings. The summed E-state index contributed by atoms with van der Waals surface area (Å²) in [4.78, 5) is 10.6. The van der Waals surface area contributed by atoms with E-state index in [0.717, 1.165) is 12.8 Å². The van der Waals surface area contributed by atoms with E-state index in [2.05, 4.69) is 6.92 Å². The van der Waals surface area contributed by atoms with E-state index in [1.54, 1.807) is 0 Å². The minimum absolute atomic E-state index is 0.0870. The maximum Gasteiger partial charge on any atom is 0.302 e. The first-order chi connectivity index (χ1) is 6.20. The molecule has 0 unspecified atom stereocenters. The summed E-state index contributed by atoms with van der Waals surface area (Å²) in [7, 11) is 0. The molecule has 0 N–H and O–H groups in total. The van der Waals surface area contributed by atoms with Crippen molar-refractivity contribution in [2.75, 3.05) is 5.88 Å². The van der Waals surface area contributed by atoms with E-state index in [9.17, 15) is 4.79 Å². The molecule has 0 aliphatic heterocycles. The highest BCUT2D eigenvalue weighted by molar-refractivity contribution is 6.18. The van der Waals surface area contributed by atoms with Gasteiger partial charge in [0.05, 0.1) is 5.88 Å². The van der Waals surface area contributed by atoms with E-state index in [0.29, 0.717) is 5.88 Å². The summed E-state index contributed by atoms with van der Waals surface area (Å²) >= 11 is 5.65. The number of hydrogen-bond acceptors (Lipinski definition) is 2. The number of carbonyl (C=O) groups is 1. The van der Waals surface area contributed by atoms with Gasteiger partial charge in [0, 0.05) is 6.92 Å². The van der Waals surface area contributed by atoms with Crippen molar-refractivity contribution in [3.63, 3.8) is 0 Å². The fraction of sp³-hybridized carbons (Fsp3) is 0.900. The number of unbranched alkanes of at least 4 members (excludes halogenated alkanes) is 3. The molecule has 0 radical (unpaired) electrons. The van der Waals surface area contributed by atoms with Crippen molar-refractivity contribution in [1.82, 2.24) is 0 Å². The van der Waals surface area contributed by atoms with Crippen LogP contribution in [0.5, 0.6) is 0 Å². The lowest BCUT2D eigenvalue weighted by Gasteiger charge is -2.13. The van der Waals surface area contributed by atoms with Gasteiger partial charge >= 0.3 is 5.97 Å². The summed E-state index contributed by atoms with van der Waals surface area (Å²) in [5.41, 5.74) is 0. The van der Waals surface area contributed by atoms with Crippen molar-refractivity contribution in [3.05, 3.63) is 0 Å². The first-order valence-electron chi connectivity index (χ1n) is 4.93. The van der Waals surface area contributed by atoms with Gasteiger partial charge in [0.15, 0.2) is 0 Å². The third-order valence-corrected chi connectivity index (χ3v) is 2.23. The second kappa shape index (κ2) is 8.36. The second-order valence-electron chi connectivity index (χ2n) is 3.24. The number of rotatable bonds is 7. The number of esters is 1. The Hall–Kier alpha value is -0.240. The molecule has 0 heterocycles. The molecule has 0 spiro atoms. The van der Waals surface area contributed by atoms with Crippen LogP contribution < -0.4 is 0 Å². The number of alkyl halides is 1. The Morgan fingerprint density at radius 3 is 2.54 bits per heavy atom. The molecule has 0 saturated carbocycles. The van der Waals surface area contributed by atoms with Gasteiger partial charge in [-0.2, -0.15) is 0 Å².